The maximum atomic E-state index is 12.4. The van der Waals surface area contributed by atoms with Crippen LogP contribution in [0.3, 0.4) is 0 Å². The van der Waals surface area contributed by atoms with E-state index in [2.05, 4.69) is 10.4 Å². The summed E-state index contributed by atoms with van der Waals surface area (Å²) in [6.07, 6.45) is 3.47. The lowest BCUT2D eigenvalue weighted by molar-refractivity contribution is -0.131. The molecule has 3 rings (SSSR count). The summed E-state index contributed by atoms with van der Waals surface area (Å²) >= 11 is 0. The van der Waals surface area contributed by atoms with Gasteiger partial charge in [0.15, 0.2) is 0 Å². The van der Waals surface area contributed by atoms with E-state index in [0.29, 0.717) is 18.8 Å². The second kappa shape index (κ2) is 11.8. The Kier molecular flexibility index (Phi) is 9.09. The van der Waals surface area contributed by atoms with Gasteiger partial charge in [-0.05, 0) is 24.6 Å². The lowest BCUT2D eigenvalue weighted by Crippen LogP contribution is -2.33. The van der Waals surface area contributed by atoms with Gasteiger partial charge in [-0.2, -0.15) is 5.10 Å². The number of ether oxygens (including phenoxy) is 1. The number of nitrogens with one attached hydrogen (secondary N) is 1. The average Bonchev–Trinajstić information content (AvgIpc) is 3.16. The van der Waals surface area contributed by atoms with Crippen LogP contribution < -0.4 is 10.1 Å². The molecule has 0 saturated heterocycles. The number of halogens is 1. The van der Waals surface area contributed by atoms with E-state index in [4.69, 9.17) is 4.74 Å². The van der Waals surface area contributed by atoms with Gasteiger partial charge in [0.1, 0.15) is 18.9 Å². The number of anilines is 1. The number of carbonyl (C=O) groups is 2. The minimum Gasteiger partial charge on any atom is -0.492 e. The van der Waals surface area contributed by atoms with Crippen molar-refractivity contribution in [2.24, 2.45) is 0 Å². The molecule has 1 N–H and O–H groups in total. The SMILES string of the molecule is Cc1ccc(OCCN(C)C(=O)Cn2cc(NC(=O)Cc3ccccc3)cn2)cc1.Cl. The van der Waals surface area contributed by atoms with Crippen molar-refractivity contribution >= 4 is 29.9 Å². The molecule has 0 aliphatic rings. The first-order chi connectivity index (χ1) is 14.5. The maximum absolute atomic E-state index is 12.4. The van der Waals surface area contributed by atoms with Crippen LogP contribution in [0.2, 0.25) is 0 Å². The van der Waals surface area contributed by atoms with Crippen molar-refractivity contribution in [2.75, 3.05) is 25.5 Å². The fraction of sp³-hybridized carbons (Fsp3) is 0.261. The fourth-order valence-electron chi connectivity index (χ4n) is 2.82. The zero-order valence-corrected chi connectivity index (χ0v) is 18.5. The van der Waals surface area contributed by atoms with E-state index in [1.54, 1.807) is 18.1 Å². The van der Waals surface area contributed by atoms with E-state index < -0.39 is 0 Å². The van der Waals surface area contributed by atoms with Gasteiger partial charge < -0.3 is 15.0 Å². The highest BCUT2D eigenvalue weighted by atomic mass is 35.5. The number of aromatic nitrogens is 2. The van der Waals surface area contributed by atoms with Crippen LogP contribution in [0, 0.1) is 6.92 Å². The Hall–Kier alpha value is -3.32. The van der Waals surface area contributed by atoms with E-state index in [1.807, 2.05) is 61.5 Å². The van der Waals surface area contributed by atoms with Crippen LogP contribution >= 0.6 is 12.4 Å². The minimum atomic E-state index is -0.127. The Morgan fingerprint density at radius 2 is 1.81 bits per heavy atom. The minimum absolute atomic E-state index is 0. The third-order valence-corrected chi connectivity index (χ3v) is 4.56. The highest BCUT2D eigenvalue weighted by molar-refractivity contribution is 5.92. The number of amides is 2. The Morgan fingerprint density at radius 3 is 2.52 bits per heavy atom. The largest absolute Gasteiger partial charge is 0.492 e. The van der Waals surface area contributed by atoms with E-state index in [-0.39, 0.29) is 37.2 Å². The lowest BCUT2D eigenvalue weighted by Gasteiger charge is -2.17. The molecule has 0 fully saturated rings. The molecule has 0 spiro atoms. The molecule has 0 aliphatic heterocycles. The van der Waals surface area contributed by atoms with Crippen LogP contribution in [0.4, 0.5) is 5.69 Å². The van der Waals surface area contributed by atoms with Crippen molar-refractivity contribution in [1.29, 1.82) is 0 Å². The van der Waals surface area contributed by atoms with Crippen molar-refractivity contribution < 1.29 is 14.3 Å². The normalized spacial score (nSPS) is 10.1. The van der Waals surface area contributed by atoms with Gasteiger partial charge in [0.25, 0.3) is 0 Å². The summed E-state index contributed by atoms with van der Waals surface area (Å²) in [6, 6.07) is 17.3. The first-order valence-corrected chi connectivity index (χ1v) is 9.79. The Labute approximate surface area is 188 Å². The lowest BCUT2D eigenvalue weighted by atomic mass is 10.1. The predicted octanol–water partition coefficient (Wildman–Crippen LogP) is 3.33. The third-order valence-electron chi connectivity index (χ3n) is 4.56. The van der Waals surface area contributed by atoms with Gasteiger partial charge in [-0.1, -0.05) is 48.0 Å². The summed E-state index contributed by atoms with van der Waals surface area (Å²) < 4.78 is 7.18. The molecule has 1 aromatic heterocycles. The summed E-state index contributed by atoms with van der Waals surface area (Å²) in [5, 5.41) is 6.96. The zero-order valence-electron chi connectivity index (χ0n) is 17.7. The number of likely N-dealkylation sites (N-methyl/N-ethyl adjacent to an activating group) is 1. The topological polar surface area (TPSA) is 76.5 Å². The molecule has 31 heavy (non-hydrogen) atoms. The number of aryl methyl sites for hydroxylation is 1. The molecule has 1 heterocycles. The Morgan fingerprint density at radius 1 is 1.10 bits per heavy atom. The summed E-state index contributed by atoms with van der Waals surface area (Å²) in [5.74, 6) is 0.564. The maximum Gasteiger partial charge on any atom is 0.244 e. The second-order valence-corrected chi connectivity index (χ2v) is 7.11. The van der Waals surface area contributed by atoms with Gasteiger partial charge in [0.2, 0.25) is 11.8 Å². The molecule has 0 saturated carbocycles. The van der Waals surface area contributed by atoms with Crippen molar-refractivity contribution in [3.05, 3.63) is 78.1 Å². The third kappa shape index (κ3) is 7.79. The monoisotopic (exact) mass is 442 g/mol. The highest BCUT2D eigenvalue weighted by Gasteiger charge is 2.12. The highest BCUT2D eigenvalue weighted by Crippen LogP contribution is 2.11. The number of carbonyl (C=O) groups excluding carboxylic acids is 2. The van der Waals surface area contributed by atoms with Gasteiger partial charge in [-0.15, -0.1) is 12.4 Å². The molecule has 7 nitrogen and oxygen atoms in total. The second-order valence-electron chi connectivity index (χ2n) is 7.11. The van der Waals surface area contributed by atoms with E-state index in [0.717, 1.165) is 11.3 Å². The van der Waals surface area contributed by atoms with Gasteiger partial charge >= 0.3 is 0 Å². The summed E-state index contributed by atoms with van der Waals surface area (Å²) in [6.45, 7) is 2.99. The van der Waals surface area contributed by atoms with E-state index in [9.17, 15) is 9.59 Å². The van der Waals surface area contributed by atoms with Crippen LogP contribution in [-0.4, -0.2) is 46.7 Å². The molecule has 0 atom stereocenters. The molecule has 0 bridgehead atoms. The number of nitrogens with zero attached hydrogens (tertiary/aromatic N) is 3. The van der Waals surface area contributed by atoms with E-state index >= 15 is 0 Å². The molecular formula is C23H27ClN4O3. The molecule has 0 unspecified atom stereocenters. The Balaban J connectivity index is 0.00000341. The summed E-state index contributed by atoms with van der Waals surface area (Å²) in [5.41, 5.74) is 2.67. The molecule has 0 aliphatic carbocycles. The van der Waals surface area contributed by atoms with Crippen LogP contribution in [0.15, 0.2) is 67.0 Å². The van der Waals surface area contributed by atoms with Crippen LogP contribution in [0.1, 0.15) is 11.1 Å². The first-order valence-electron chi connectivity index (χ1n) is 9.79. The van der Waals surface area contributed by atoms with Crippen molar-refractivity contribution in [2.45, 2.75) is 19.9 Å². The van der Waals surface area contributed by atoms with Gasteiger partial charge in [0, 0.05) is 13.2 Å². The fourth-order valence-corrected chi connectivity index (χ4v) is 2.82. The number of benzene rings is 2. The van der Waals surface area contributed by atoms with Crippen LogP contribution in [0.5, 0.6) is 5.75 Å². The number of hydrogen-bond donors (Lipinski definition) is 1. The molecular weight excluding hydrogens is 416 g/mol. The predicted molar refractivity (Wildman–Crippen MR) is 123 cm³/mol. The Bertz CT molecular complexity index is 974. The van der Waals surface area contributed by atoms with Crippen molar-refractivity contribution in [1.82, 2.24) is 14.7 Å². The zero-order chi connectivity index (χ0) is 21.3. The van der Waals surface area contributed by atoms with Gasteiger partial charge in [0.05, 0.1) is 24.8 Å². The molecule has 2 amide bonds. The molecule has 0 radical (unpaired) electrons. The summed E-state index contributed by atoms with van der Waals surface area (Å²) in [4.78, 5) is 26.1. The molecule has 164 valence electrons. The van der Waals surface area contributed by atoms with Gasteiger partial charge in [-0.25, -0.2) is 0 Å². The molecule has 8 heteroatoms. The first kappa shape index (κ1) is 24.0. The molecule has 2 aromatic carbocycles. The quantitative estimate of drug-likeness (QED) is 0.551. The van der Waals surface area contributed by atoms with Crippen LogP contribution in [0.25, 0.3) is 0 Å². The standard InChI is InChI=1S/C23H26N4O3.ClH/c1-18-8-10-21(11-9-18)30-13-12-26(2)23(29)17-27-16-20(15-24-27)25-22(28)14-19-6-4-3-5-7-19;/h3-11,15-16H,12-14,17H2,1-2H3,(H,25,28);1H. The van der Waals surface area contributed by atoms with Crippen molar-refractivity contribution in [3.8, 4) is 5.75 Å². The van der Waals surface area contributed by atoms with Crippen molar-refractivity contribution in [3.63, 3.8) is 0 Å². The molecule has 3 aromatic rings. The smallest absolute Gasteiger partial charge is 0.244 e. The van der Waals surface area contributed by atoms with Crippen LogP contribution in [-0.2, 0) is 22.6 Å². The van der Waals surface area contributed by atoms with E-state index in [1.165, 1.54) is 16.4 Å². The number of rotatable bonds is 9. The average molecular weight is 443 g/mol. The number of hydrogen-bond acceptors (Lipinski definition) is 4. The van der Waals surface area contributed by atoms with Gasteiger partial charge in [-0.3, -0.25) is 14.3 Å². The summed E-state index contributed by atoms with van der Waals surface area (Å²) in [7, 11) is 1.73.